The normalized spacial score (nSPS) is 20.0. The quantitative estimate of drug-likeness (QED) is 0.156. The van der Waals surface area contributed by atoms with E-state index in [-0.39, 0.29) is 17.1 Å². The Labute approximate surface area is 228 Å². The number of benzene rings is 2. The molecule has 0 aliphatic carbocycles. The Balaban J connectivity index is 1.54. The zero-order valence-corrected chi connectivity index (χ0v) is 23.5. The van der Waals surface area contributed by atoms with Crippen LogP contribution in [-0.4, -0.2) is 29.7 Å². The van der Waals surface area contributed by atoms with Crippen molar-refractivity contribution in [1.82, 2.24) is 4.90 Å². The summed E-state index contributed by atoms with van der Waals surface area (Å²) in [6, 6.07) is 15.3. The molecule has 0 N–H and O–H groups in total. The summed E-state index contributed by atoms with van der Waals surface area (Å²) in [6.07, 6.45) is 15.2. The standard InChI is InChI=1S/C34H41NO3/c1-26-8-6-9-28(3)35(33(37)21-23-34(4,5)22-20-26)24-7-25-38-31-17-15-30(16-18-31)32(36)19-14-29-12-10-27(2)11-13-29/h9-21,23H,6-8,22,24-25H2,1-5H3/b19-14+,23-21+,26-20+,28-9+. The summed E-state index contributed by atoms with van der Waals surface area (Å²) < 4.78 is 5.91. The molecule has 0 fully saturated rings. The first-order valence-corrected chi connectivity index (χ1v) is 13.5. The van der Waals surface area contributed by atoms with Crippen LogP contribution in [0.25, 0.3) is 6.08 Å². The SMILES string of the molecule is C/C1=C\CC(C)(C)/C=C/C(=O)N(CCCOc2ccc(C(=O)/C=C/c3ccc(C)cc3)cc2)/C(C)=C/CC1. The lowest BCUT2D eigenvalue weighted by Crippen LogP contribution is -2.30. The molecule has 1 aliphatic rings. The van der Waals surface area contributed by atoms with Gasteiger partial charge in [-0.3, -0.25) is 9.59 Å². The lowest BCUT2D eigenvalue weighted by molar-refractivity contribution is -0.124. The molecule has 38 heavy (non-hydrogen) atoms. The molecule has 4 nitrogen and oxygen atoms in total. The van der Waals surface area contributed by atoms with Crippen molar-refractivity contribution in [3.8, 4) is 5.75 Å². The molecule has 4 heteroatoms. The number of hydrogen-bond donors (Lipinski definition) is 0. The Morgan fingerprint density at radius 2 is 1.71 bits per heavy atom. The summed E-state index contributed by atoms with van der Waals surface area (Å²) in [4.78, 5) is 27.4. The third-order valence-corrected chi connectivity index (χ3v) is 6.76. The first kappa shape index (κ1) is 28.9. The van der Waals surface area contributed by atoms with Gasteiger partial charge in [-0.1, -0.05) is 73.6 Å². The molecule has 0 unspecified atom stereocenters. The van der Waals surface area contributed by atoms with Gasteiger partial charge in [0.05, 0.1) is 6.61 Å². The molecule has 2 aromatic rings. The van der Waals surface area contributed by atoms with Gasteiger partial charge in [-0.05, 0) is 87.8 Å². The molecule has 1 heterocycles. The van der Waals surface area contributed by atoms with E-state index in [1.165, 1.54) is 11.1 Å². The predicted octanol–water partition coefficient (Wildman–Crippen LogP) is 8.11. The van der Waals surface area contributed by atoms with E-state index in [0.29, 0.717) is 30.9 Å². The minimum atomic E-state index is -0.0630. The number of carbonyl (C=O) groups is 2. The Kier molecular flexibility index (Phi) is 10.5. The van der Waals surface area contributed by atoms with Crippen LogP contribution < -0.4 is 4.74 Å². The van der Waals surface area contributed by atoms with Crippen LogP contribution in [0.4, 0.5) is 0 Å². The lowest BCUT2D eigenvalue weighted by Gasteiger charge is -2.24. The van der Waals surface area contributed by atoms with Crippen LogP contribution in [0.15, 0.2) is 90.2 Å². The molecule has 1 aliphatic heterocycles. The van der Waals surface area contributed by atoms with E-state index in [0.717, 1.165) is 30.5 Å². The Hall–Kier alpha value is -3.66. The predicted molar refractivity (Wildman–Crippen MR) is 157 cm³/mol. The third kappa shape index (κ3) is 9.33. The number of aryl methyl sites for hydroxylation is 1. The number of carbonyl (C=O) groups excluding carboxylic acids is 2. The van der Waals surface area contributed by atoms with Gasteiger partial charge in [0.1, 0.15) is 5.75 Å². The lowest BCUT2D eigenvalue weighted by atomic mass is 9.87. The Morgan fingerprint density at radius 3 is 2.42 bits per heavy atom. The second kappa shape index (κ2) is 13.8. The van der Waals surface area contributed by atoms with E-state index in [1.54, 1.807) is 24.3 Å². The summed E-state index contributed by atoms with van der Waals surface area (Å²) >= 11 is 0. The molecular weight excluding hydrogens is 470 g/mol. The van der Waals surface area contributed by atoms with E-state index < -0.39 is 0 Å². The van der Waals surface area contributed by atoms with Gasteiger partial charge in [-0.2, -0.15) is 0 Å². The summed E-state index contributed by atoms with van der Waals surface area (Å²) in [5.41, 5.74) is 5.10. The fraction of sp³-hybridized carbons (Fsp3) is 0.353. The van der Waals surface area contributed by atoms with Crippen molar-refractivity contribution in [2.24, 2.45) is 5.41 Å². The minimum absolute atomic E-state index is 0.00894. The average molecular weight is 512 g/mol. The third-order valence-electron chi connectivity index (χ3n) is 6.76. The van der Waals surface area contributed by atoms with E-state index in [9.17, 15) is 9.59 Å². The smallest absolute Gasteiger partial charge is 0.250 e. The van der Waals surface area contributed by atoms with Gasteiger partial charge in [0.2, 0.25) is 5.91 Å². The molecule has 2 aromatic carbocycles. The molecule has 1 amide bonds. The second-order valence-electron chi connectivity index (χ2n) is 10.8. The molecular formula is C34H41NO3. The number of allylic oxidation sites excluding steroid dienone is 6. The number of nitrogens with zero attached hydrogens (tertiary/aromatic N) is 1. The van der Waals surface area contributed by atoms with Gasteiger partial charge in [0.25, 0.3) is 0 Å². The van der Waals surface area contributed by atoms with Crippen molar-refractivity contribution in [3.63, 3.8) is 0 Å². The highest BCUT2D eigenvalue weighted by molar-refractivity contribution is 6.06. The van der Waals surface area contributed by atoms with Gasteiger partial charge in [0, 0.05) is 23.9 Å². The molecule has 0 spiro atoms. The van der Waals surface area contributed by atoms with Crippen molar-refractivity contribution in [3.05, 3.63) is 107 Å². The maximum absolute atomic E-state index is 13.0. The van der Waals surface area contributed by atoms with E-state index >= 15 is 0 Å². The summed E-state index contributed by atoms with van der Waals surface area (Å²) in [5, 5.41) is 0. The molecule has 0 bridgehead atoms. The van der Waals surface area contributed by atoms with Crippen LogP contribution in [0.3, 0.4) is 0 Å². The minimum Gasteiger partial charge on any atom is -0.494 e. The van der Waals surface area contributed by atoms with Crippen LogP contribution in [0.1, 0.15) is 74.9 Å². The molecule has 3 rings (SSSR count). The molecule has 0 atom stereocenters. The molecule has 0 saturated heterocycles. The average Bonchev–Trinajstić information content (AvgIpc) is 2.90. The highest BCUT2D eigenvalue weighted by atomic mass is 16.5. The topological polar surface area (TPSA) is 46.6 Å². The number of hydrogen-bond acceptors (Lipinski definition) is 3. The Bertz CT molecular complexity index is 1210. The van der Waals surface area contributed by atoms with E-state index in [2.05, 4.69) is 32.9 Å². The maximum atomic E-state index is 13.0. The zero-order valence-electron chi connectivity index (χ0n) is 23.5. The summed E-state index contributed by atoms with van der Waals surface area (Å²) in [5.74, 6) is 0.671. The van der Waals surface area contributed by atoms with Crippen molar-refractivity contribution in [1.29, 1.82) is 0 Å². The number of ketones is 1. The fourth-order valence-corrected chi connectivity index (χ4v) is 4.15. The van der Waals surface area contributed by atoms with Crippen molar-refractivity contribution in [2.45, 2.75) is 60.3 Å². The number of ether oxygens (including phenoxy) is 1. The largest absolute Gasteiger partial charge is 0.494 e. The Morgan fingerprint density at radius 1 is 1.00 bits per heavy atom. The monoisotopic (exact) mass is 511 g/mol. The maximum Gasteiger partial charge on any atom is 0.250 e. The van der Waals surface area contributed by atoms with Crippen molar-refractivity contribution >= 4 is 17.8 Å². The van der Waals surface area contributed by atoms with E-state index in [1.807, 2.05) is 67.3 Å². The first-order valence-electron chi connectivity index (χ1n) is 13.5. The van der Waals surface area contributed by atoms with Gasteiger partial charge >= 0.3 is 0 Å². The summed E-state index contributed by atoms with van der Waals surface area (Å²) in [7, 11) is 0. The van der Waals surface area contributed by atoms with E-state index in [4.69, 9.17) is 4.74 Å². The van der Waals surface area contributed by atoms with Crippen LogP contribution in [-0.2, 0) is 4.79 Å². The molecule has 200 valence electrons. The summed E-state index contributed by atoms with van der Waals surface area (Å²) in [6.45, 7) is 11.6. The number of amides is 1. The molecule has 0 saturated carbocycles. The van der Waals surface area contributed by atoms with Gasteiger partial charge < -0.3 is 9.64 Å². The van der Waals surface area contributed by atoms with Crippen LogP contribution in [0, 0.1) is 12.3 Å². The molecule has 0 aromatic heterocycles. The highest BCUT2D eigenvalue weighted by Crippen LogP contribution is 2.25. The van der Waals surface area contributed by atoms with Crippen molar-refractivity contribution < 1.29 is 14.3 Å². The highest BCUT2D eigenvalue weighted by Gasteiger charge is 2.17. The van der Waals surface area contributed by atoms with Crippen LogP contribution in [0.5, 0.6) is 5.75 Å². The second-order valence-corrected chi connectivity index (χ2v) is 10.8. The number of rotatable bonds is 8. The van der Waals surface area contributed by atoms with Crippen LogP contribution >= 0.6 is 0 Å². The zero-order chi connectivity index (χ0) is 27.5. The van der Waals surface area contributed by atoms with Crippen molar-refractivity contribution in [2.75, 3.05) is 13.2 Å². The molecule has 0 radical (unpaired) electrons. The van der Waals surface area contributed by atoms with Crippen LogP contribution in [0.2, 0.25) is 0 Å². The van der Waals surface area contributed by atoms with Gasteiger partial charge in [-0.15, -0.1) is 0 Å². The first-order chi connectivity index (χ1) is 18.1. The van der Waals surface area contributed by atoms with Gasteiger partial charge in [0.15, 0.2) is 5.78 Å². The van der Waals surface area contributed by atoms with Gasteiger partial charge in [-0.25, -0.2) is 0 Å². The fourth-order valence-electron chi connectivity index (χ4n) is 4.15.